The largest absolute Gasteiger partial charge is 0.0652 e. The summed E-state index contributed by atoms with van der Waals surface area (Å²) in [6.45, 7) is 4.66. The van der Waals surface area contributed by atoms with Gasteiger partial charge in [-0.2, -0.15) is 0 Å². The molecule has 5 rings (SSSR count). The molecule has 0 aromatic heterocycles. The first-order valence-corrected chi connectivity index (χ1v) is 11.7. The Morgan fingerprint density at radius 2 is 1.32 bits per heavy atom. The quantitative estimate of drug-likeness (QED) is 0.455. The molecule has 0 nitrogen and oxygen atoms in total. The number of allylic oxidation sites excluding steroid dienone is 2. The van der Waals surface area contributed by atoms with Gasteiger partial charge in [0, 0.05) is 16.3 Å². The van der Waals surface area contributed by atoms with Gasteiger partial charge < -0.3 is 0 Å². The molecule has 2 atom stereocenters. The third-order valence-corrected chi connectivity index (χ3v) is 8.06. The van der Waals surface area contributed by atoms with E-state index in [2.05, 4.69) is 78.3 Å². The van der Waals surface area contributed by atoms with Crippen molar-refractivity contribution >= 4 is 28.1 Å². The Balaban J connectivity index is 1.48. The molecule has 1 fully saturated rings. The van der Waals surface area contributed by atoms with Crippen LogP contribution in [0.4, 0.5) is 0 Å². The molecule has 0 aliphatic heterocycles. The van der Waals surface area contributed by atoms with Crippen LogP contribution in [0.2, 0.25) is 0 Å². The summed E-state index contributed by atoms with van der Waals surface area (Å²) < 4.78 is 1.23. The maximum absolute atomic E-state index is 3.75. The van der Waals surface area contributed by atoms with Gasteiger partial charge >= 0.3 is 0 Å². The first kappa shape index (κ1) is 18.4. The molecule has 0 saturated heterocycles. The van der Waals surface area contributed by atoms with Crippen molar-refractivity contribution in [3.63, 3.8) is 0 Å². The zero-order valence-electron chi connectivity index (χ0n) is 17.0. The van der Waals surface area contributed by atoms with E-state index in [1.54, 1.807) is 22.3 Å². The van der Waals surface area contributed by atoms with Crippen molar-refractivity contribution in [1.82, 2.24) is 0 Å². The number of fused-ring (bicyclic) bond motifs is 2. The average Bonchev–Trinajstić information content (AvgIpc) is 3.20. The molecule has 0 heterocycles. The molecule has 0 N–H and O–H groups in total. The minimum absolute atomic E-state index is 0.533. The monoisotopic (exact) mass is 432 g/mol. The minimum Gasteiger partial charge on any atom is -0.0652 e. The van der Waals surface area contributed by atoms with Crippen LogP contribution in [0, 0.1) is 0 Å². The van der Waals surface area contributed by atoms with Crippen molar-refractivity contribution in [2.75, 3.05) is 0 Å². The molecule has 0 spiro atoms. The number of hydrogen-bond donors (Lipinski definition) is 0. The molecule has 2 aromatic carbocycles. The third kappa shape index (κ3) is 3.03. The van der Waals surface area contributed by atoms with E-state index in [-0.39, 0.29) is 0 Å². The molecule has 0 bridgehead atoms. The zero-order chi connectivity index (χ0) is 19.3. The van der Waals surface area contributed by atoms with E-state index in [0.717, 1.165) is 5.92 Å². The summed E-state index contributed by atoms with van der Waals surface area (Å²) >= 11 is 3.75. The highest BCUT2D eigenvalue weighted by atomic mass is 79.9. The van der Waals surface area contributed by atoms with Crippen LogP contribution < -0.4 is 0 Å². The van der Waals surface area contributed by atoms with Gasteiger partial charge in [0.25, 0.3) is 0 Å². The lowest BCUT2D eigenvalue weighted by molar-refractivity contribution is 0.443. The van der Waals surface area contributed by atoms with Crippen molar-refractivity contribution < 1.29 is 0 Å². The van der Waals surface area contributed by atoms with Crippen LogP contribution in [-0.2, 0) is 0 Å². The second-order valence-electron chi connectivity index (χ2n) is 9.05. The van der Waals surface area contributed by atoms with Gasteiger partial charge in [-0.3, -0.25) is 0 Å². The van der Waals surface area contributed by atoms with Crippen molar-refractivity contribution in [3.8, 4) is 0 Å². The lowest BCUT2D eigenvalue weighted by atomic mass is 9.79. The number of halogens is 1. The molecular formula is C27H29Br. The molecular weight excluding hydrogens is 404 g/mol. The minimum atomic E-state index is 0.533. The molecule has 3 aliphatic rings. The highest BCUT2D eigenvalue weighted by Gasteiger charge is 2.32. The van der Waals surface area contributed by atoms with Crippen LogP contribution in [-0.4, -0.2) is 0 Å². The normalized spacial score (nSPS) is 24.0. The lowest BCUT2D eigenvalue weighted by Crippen LogP contribution is -2.09. The fourth-order valence-electron chi connectivity index (χ4n) is 5.86. The Labute approximate surface area is 177 Å². The van der Waals surface area contributed by atoms with E-state index >= 15 is 0 Å². The number of benzene rings is 2. The standard InChI is InChI=1S/C27H29Br/c1-17-14-25-20(19-8-4-3-5-9-19)10-6-11-21(25)23(17)16-24-18(2)15-26-22(24)12-7-13-27(26)28/h6-7,10-15,19,23-24H,3-5,8-9,16H2,1-2H3. The van der Waals surface area contributed by atoms with Crippen LogP contribution >= 0.6 is 15.9 Å². The summed E-state index contributed by atoms with van der Waals surface area (Å²) in [5.74, 6) is 1.86. The van der Waals surface area contributed by atoms with Crippen molar-refractivity contribution in [3.05, 3.63) is 79.8 Å². The van der Waals surface area contributed by atoms with Gasteiger partial charge in [-0.05, 0) is 72.9 Å². The Bertz CT molecular complexity index is 972. The summed E-state index contributed by atoms with van der Waals surface area (Å²) in [7, 11) is 0. The van der Waals surface area contributed by atoms with Crippen LogP contribution in [0.15, 0.2) is 52.0 Å². The fraction of sp³-hybridized carbons (Fsp3) is 0.407. The van der Waals surface area contributed by atoms with E-state index in [1.165, 1.54) is 59.7 Å². The molecule has 3 aliphatic carbocycles. The summed E-state index contributed by atoms with van der Waals surface area (Å²) in [5, 5.41) is 0. The van der Waals surface area contributed by atoms with Gasteiger partial charge in [-0.25, -0.2) is 0 Å². The Morgan fingerprint density at radius 3 is 2.04 bits per heavy atom. The molecule has 2 unspecified atom stereocenters. The molecule has 0 amide bonds. The van der Waals surface area contributed by atoms with Crippen LogP contribution in [0.1, 0.15) is 97.9 Å². The topological polar surface area (TPSA) is 0 Å². The molecule has 28 heavy (non-hydrogen) atoms. The lowest BCUT2D eigenvalue weighted by Gasteiger charge is -2.25. The van der Waals surface area contributed by atoms with Crippen molar-refractivity contribution in [2.45, 2.75) is 70.1 Å². The molecule has 1 saturated carbocycles. The second kappa shape index (κ2) is 7.34. The van der Waals surface area contributed by atoms with Gasteiger partial charge in [-0.15, -0.1) is 0 Å². The Morgan fingerprint density at radius 1 is 0.750 bits per heavy atom. The predicted molar refractivity (Wildman–Crippen MR) is 124 cm³/mol. The highest BCUT2D eigenvalue weighted by molar-refractivity contribution is 9.10. The second-order valence-corrected chi connectivity index (χ2v) is 9.90. The van der Waals surface area contributed by atoms with E-state index in [4.69, 9.17) is 0 Å². The average molecular weight is 433 g/mol. The zero-order valence-corrected chi connectivity index (χ0v) is 18.6. The van der Waals surface area contributed by atoms with Crippen LogP contribution in [0.3, 0.4) is 0 Å². The van der Waals surface area contributed by atoms with Crippen molar-refractivity contribution in [2.24, 2.45) is 0 Å². The maximum atomic E-state index is 3.75. The Kier molecular flexibility index (Phi) is 4.83. The fourth-order valence-corrected chi connectivity index (χ4v) is 6.36. The van der Waals surface area contributed by atoms with Crippen molar-refractivity contribution in [1.29, 1.82) is 0 Å². The van der Waals surface area contributed by atoms with Gasteiger partial charge in [0.15, 0.2) is 0 Å². The summed E-state index contributed by atoms with van der Waals surface area (Å²) in [6.07, 6.45) is 13.1. The molecule has 2 aromatic rings. The SMILES string of the molecule is CC1=Cc2c(Br)cccc2C1CC1C(C)=Cc2c(C3CCCCC3)cccc21. The number of rotatable bonds is 3. The molecule has 1 heteroatoms. The van der Waals surface area contributed by atoms with E-state index in [0.29, 0.717) is 11.8 Å². The predicted octanol–water partition coefficient (Wildman–Crippen LogP) is 8.59. The van der Waals surface area contributed by atoms with Crippen LogP contribution in [0.5, 0.6) is 0 Å². The summed E-state index contributed by atoms with van der Waals surface area (Å²) in [6, 6.07) is 13.8. The summed E-state index contributed by atoms with van der Waals surface area (Å²) in [4.78, 5) is 0. The number of hydrogen-bond acceptors (Lipinski definition) is 0. The van der Waals surface area contributed by atoms with Gasteiger partial charge in [0.1, 0.15) is 0 Å². The smallest absolute Gasteiger partial charge is 0.0250 e. The van der Waals surface area contributed by atoms with Gasteiger partial charge in [-0.1, -0.05) is 88.8 Å². The third-order valence-electron chi connectivity index (χ3n) is 7.37. The first-order valence-electron chi connectivity index (χ1n) is 10.9. The van der Waals surface area contributed by atoms with E-state index in [9.17, 15) is 0 Å². The van der Waals surface area contributed by atoms with Gasteiger partial charge in [0.05, 0.1) is 0 Å². The van der Waals surface area contributed by atoms with Crippen LogP contribution in [0.25, 0.3) is 12.2 Å². The highest BCUT2D eigenvalue weighted by Crippen LogP contribution is 2.50. The van der Waals surface area contributed by atoms with E-state index < -0.39 is 0 Å². The van der Waals surface area contributed by atoms with E-state index in [1.807, 2.05) is 0 Å². The van der Waals surface area contributed by atoms with Gasteiger partial charge in [0.2, 0.25) is 0 Å². The maximum Gasteiger partial charge on any atom is 0.0250 e. The molecule has 144 valence electrons. The Hall–Kier alpha value is -1.60. The first-order chi connectivity index (χ1) is 13.6. The molecule has 0 radical (unpaired) electrons. The summed E-state index contributed by atoms with van der Waals surface area (Å²) in [5.41, 5.74) is 10.7.